The first-order valence-corrected chi connectivity index (χ1v) is 9.26. The van der Waals surface area contributed by atoms with E-state index in [0.717, 1.165) is 0 Å². The zero-order chi connectivity index (χ0) is 19.2. The number of rotatable bonds is 5. The van der Waals surface area contributed by atoms with E-state index in [1.165, 1.54) is 15.5 Å². The highest BCUT2D eigenvalue weighted by molar-refractivity contribution is 7.46. The molecule has 2 aromatic heterocycles. The number of imidazole rings is 1. The minimum Gasteiger partial charge on any atom is -0.394 e. The SMILES string of the molecule is CN(C)c1c2ncn([C@H]3C[C@H](OP(=O)(O)O)[C@@H](CO)O3)c2nc(=O)n1C. The number of aliphatic hydroxyl groups is 1. The molecule has 2 aromatic rings. The summed E-state index contributed by atoms with van der Waals surface area (Å²) in [6.07, 6.45) is -1.20. The van der Waals surface area contributed by atoms with Crippen LogP contribution in [0.1, 0.15) is 12.6 Å². The van der Waals surface area contributed by atoms with Gasteiger partial charge in [-0.2, -0.15) is 4.98 Å². The van der Waals surface area contributed by atoms with Gasteiger partial charge in [-0.15, -0.1) is 0 Å². The molecule has 0 unspecified atom stereocenters. The molecule has 0 saturated carbocycles. The van der Waals surface area contributed by atoms with Crippen LogP contribution in [-0.2, 0) is 20.9 Å². The molecule has 0 spiro atoms. The summed E-state index contributed by atoms with van der Waals surface area (Å²) in [5.74, 6) is 0.554. The van der Waals surface area contributed by atoms with Crippen LogP contribution < -0.4 is 10.6 Å². The lowest BCUT2D eigenvalue weighted by atomic mass is 10.2. The average Bonchev–Trinajstić information content (AvgIpc) is 3.09. The van der Waals surface area contributed by atoms with Crippen LogP contribution in [0.25, 0.3) is 11.2 Å². The number of hydrogen-bond acceptors (Lipinski definition) is 8. The van der Waals surface area contributed by atoms with Crippen molar-refractivity contribution in [2.45, 2.75) is 24.9 Å². The summed E-state index contributed by atoms with van der Waals surface area (Å²) in [6.45, 7) is -0.480. The van der Waals surface area contributed by atoms with Gasteiger partial charge >= 0.3 is 13.5 Å². The molecule has 0 amide bonds. The minimum atomic E-state index is -4.74. The molecule has 26 heavy (non-hydrogen) atoms. The Bertz CT molecular complexity index is 919. The van der Waals surface area contributed by atoms with Crippen molar-refractivity contribution in [3.63, 3.8) is 0 Å². The molecule has 3 heterocycles. The van der Waals surface area contributed by atoms with Gasteiger partial charge in [0.15, 0.2) is 5.65 Å². The van der Waals surface area contributed by atoms with Crippen LogP contribution in [0.4, 0.5) is 5.82 Å². The van der Waals surface area contributed by atoms with E-state index < -0.39 is 38.6 Å². The van der Waals surface area contributed by atoms with Gasteiger partial charge < -0.3 is 24.5 Å². The lowest BCUT2D eigenvalue weighted by Gasteiger charge is -2.17. The third-order valence-corrected chi connectivity index (χ3v) is 4.70. The van der Waals surface area contributed by atoms with Crippen molar-refractivity contribution >= 4 is 24.8 Å². The van der Waals surface area contributed by atoms with Gasteiger partial charge in [0.2, 0.25) is 0 Å². The molecule has 3 N–H and O–H groups in total. The fraction of sp³-hybridized carbons (Fsp3) is 0.615. The molecule has 13 heteroatoms. The van der Waals surface area contributed by atoms with Gasteiger partial charge in [-0.3, -0.25) is 13.7 Å². The molecular weight excluding hydrogens is 369 g/mol. The standard InChI is InChI=1S/C13H20N5O7P/c1-16(2)12-10-11(15-13(20)17(12)3)18(6-14-10)9-4-7(8(5-19)24-9)25-26(21,22)23/h6-9,19H,4-5H2,1-3H3,(H2,21,22,23)/t7-,8+,9+/m0/s1. The number of nitrogens with zero attached hydrogens (tertiary/aromatic N) is 5. The highest BCUT2D eigenvalue weighted by atomic mass is 31.2. The van der Waals surface area contributed by atoms with E-state index in [-0.39, 0.29) is 12.1 Å². The Kier molecular flexibility index (Phi) is 4.90. The summed E-state index contributed by atoms with van der Waals surface area (Å²) >= 11 is 0. The van der Waals surface area contributed by atoms with Crippen molar-refractivity contribution in [3.8, 4) is 0 Å². The highest BCUT2D eigenvalue weighted by Gasteiger charge is 2.41. The number of aromatic nitrogens is 4. The smallest absolute Gasteiger partial charge is 0.394 e. The molecule has 0 bridgehead atoms. The maximum atomic E-state index is 12.2. The topological polar surface area (TPSA) is 152 Å². The van der Waals surface area contributed by atoms with Crippen LogP contribution in [-0.4, -0.2) is 66.9 Å². The maximum Gasteiger partial charge on any atom is 0.469 e. The molecule has 1 aliphatic heterocycles. The number of fused-ring (bicyclic) bond motifs is 1. The van der Waals surface area contributed by atoms with Crippen LogP contribution in [0.5, 0.6) is 0 Å². The van der Waals surface area contributed by atoms with Crippen molar-refractivity contribution in [3.05, 3.63) is 16.8 Å². The maximum absolute atomic E-state index is 12.2. The number of phosphoric ester groups is 1. The van der Waals surface area contributed by atoms with Gasteiger partial charge in [0.1, 0.15) is 29.8 Å². The Morgan fingerprint density at radius 2 is 2.15 bits per heavy atom. The van der Waals surface area contributed by atoms with E-state index in [4.69, 9.17) is 19.0 Å². The molecule has 0 aromatic carbocycles. The first-order valence-electron chi connectivity index (χ1n) is 7.73. The van der Waals surface area contributed by atoms with Gasteiger partial charge in [-0.1, -0.05) is 0 Å². The van der Waals surface area contributed by atoms with E-state index in [2.05, 4.69) is 9.97 Å². The number of hydrogen-bond donors (Lipinski definition) is 3. The van der Waals surface area contributed by atoms with Gasteiger partial charge in [-0.25, -0.2) is 14.3 Å². The Morgan fingerprint density at radius 1 is 1.46 bits per heavy atom. The number of phosphoric acid groups is 1. The van der Waals surface area contributed by atoms with Crippen LogP contribution >= 0.6 is 7.82 Å². The van der Waals surface area contributed by atoms with Gasteiger partial charge in [0, 0.05) is 27.6 Å². The Labute approximate surface area is 147 Å². The predicted molar refractivity (Wildman–Crippen MR) is 89.6 cm³/mol. The minimum absolute atomic E-state index is 0.0516. The van der Waals surface area contributed by atoms with E-state index in [1.54, 1.807) is 26.0 Å². The first kappa shape index (κ1) is 19.0. The molecule has 0 aliphatic carbocycles. The lowest BCUT2D eigenvalue weighted by Crippen LogP contribution is -2.27. The van der Waals surface area contributed by atoms with E-state index >= 15 is 0 Å². The summed E-state index contributed by atoms with van der Waals surface area (Å²) < 4.78 is 24.3. The fourth-order valence-electron chi connectivity index (χ4n) is 3.08. The lowest BCUT2D eigenvalue weighted by molar-refractivity contribution is -0.0425. The van der Waals surface area contributed by atoms with Crippen molar-refractivity contribution in [1.82, 2.24) is 19.1 Å². The average molecular weight is 389 g/mol. The molecule has 12 nitrogen and oxygen atoms in total. The predicted octanol–water partition coefficient (Wildman–Crippen LogP) is -1.05. The van der Waals surface area contributed by atoms with Crippen LogP contribution in [0.3, 0.4) is 0 Å². The van der Waals surface area contributed by atoms with Crippen molar-refractivity contribution in [1.29, 1.82) is 0 Å². The van der Waals surface area contributed by atoms with Gasteiger partial charge in [0.25, 0.3) is 0 Å². The summed E-state index contributed by atoms with van der Waals surface area (Å²) in [4.78, 5) is 40.2. The number of aliphatic hydroxyl groups excluding tert-OH is 1. The quantitative estimate of drug-likeness (QED) is 0.540. The monoisotopic (exact) mass is 389 g/mol. The molecule has 0 radical (unpaired) electrons. The molecule has 3 atom stereocenters. The van der Waals surface area contributed by atoms with Crippen molar-refractivity contribution in [2.24, 2.45) is 7.05 Å². The Hall–Kier alpha value is -1.82. The fourth-order valence-corrected chi connectivity index (χ4v) is 3.66. The van der Waals surface area contributed by atoms with Crippen molar-refractivity contribution in [2.75, 3.05) is 25.6 Å². The molecule has 3 rings (SSSR count). The van der Waals surface area contributed by atoms with Crippen LogP contribution in [0.2, 0.25) is 0 Å². The van der Waals surface area contributed by atoms with E-state index in [1.807, 2.05) is 0 Å². The highest BCUT2D eigenvalue weighted by Crippen LogP contribution is 2.44. The second kappa shape index (κ2) is 6.72. The van der Waals surface area contributed by atoms with Crippen LogP contribution in [0.15, 0.2) is 11.1 Å². The zero-order valence-electron chi connectivity index (χ0n) is 14.4. The molecule has 1 aliphatic rings. The first-order chi connectivity index (χ1) is 12.1. The van der Waals surface area contributed by atoms with E-state index in [9.17, 15) is 14.5 Å². The second-order valence-electron chi connectivity index (χ2n) is 6.18. The molecule has 1 fully saturated rings. The third-order valence-electron chi connectivity index (χ3n) is 4.15. The summed E-state index contributed by atoms with van der Waals surface area (Å²) in [6, 6.07) is 0. The number of ether oxygens (including phenoxy) is 1. The van der Waals surface area contributed by atoms with E-state index in [0.29, 0.717) is 11.3 Å². The summed E-state index contributed by atoms with van der Waals surface area (Å²) in [5.41, 5.74) is 0.263. The Morgan fingerprint density at radius 3 is 2.73 bits per heavy atom. The van der Waals surface area contributed by atoms with Crippen molar-refractivity contribution < 1.29 is 28.7 Å². The number of anilines is 1. The van der Waals surface area contributed by atoms with Gasteiger partial charge in [-0.05, 0) is 0 Å². The van der Waals surface area contributed by atoms with Gasteiger partial charge in [0.05, 0.1) is 12.9 Å². The third kappa shape index (κ3) is 3.39. The summed E-state index contributed by atoms with van der Waals surface area (Å²) in [5, 5.41) is 9.40. The Balaban J connectivity index is 2.02. The second-order valence-corrected chi connectivity index (χ2v) is 7.37. The molecule has 144 valence electrons. The summed E-state index contributed by atoms with van der Waals surface area (Å²) in [7, 11) is 0.378. The van der Waals surface area contributed by atoms with Crippen LogP contribution in [0, 0.1) is 0 Å². The largest absolute Gasteiger partial charge is 0.469 e. The molecule has 1 saturated heterocycles. The molecular formula is C13H20N5O7P. The zero-order valence-corrected chi connectivity index (χ0v) is 15.3. The normalized spacial score (nSPS) is 23.7.